The Balaban J connectivity index is 3.24. The van der Waals surface area contributed by atoms with E-state index >= 15 is 0 Å². The first-order chi connectivity index (χ1) is 8.47. The maximum Gasteiger partial charge on any atom is 0.246 e. The molecule has 2 N–H and O–H groups in total. The second kappa shape index (κ2) is 5.96. The molecule has 0 aliphatic rings. The van der Waals surface area contributed by atoms with Crippen LogP contribution in [-0.4, -0.2) is 25.8 Å². The van der Waals surface area contributed by atoms with Crippen LogP contribution in [0.5, 0.6) is 0 Å². The van der Waals surface area contributed by atoms with E-state index in [2.05, 4.69) is 5.92 Å². The number of rotatable bonds is 5. The monoisotopic (exact) mass is 270 g/mol. The Morgan fingerprint density at radius 3 is 2.61 bits per heavy atom. The summed E-state index contributed by atoms with van der Waals surface area (Å²) < 4.78 is 39.1. The van der Waals surface area contributed by atoms with Gasteiger partial charge in [0.15, 0.2) is 0 Å². The molecule has 0 fully saturated rings. The molecule has 18 heavy (non-hydrogen) atoms. The van der Waals surface area contributed by atoms with E-state index in [1.54, 1.807) is 6.92 Å². The average molecular weight is 270 g/mol. The molecule has 0 heterocycles. The second-order valence-electron chi connectivity index (χ2n) is 3.60. The number of hydrogen-bond acceptors (Lipinski definition) is 3. The summed E-state index contributed by atoms with van der Waals surface area (Å²) >= 11 is 0. The molecule has 0 saturated heterocycles. The lowest BCUT2D eigenvalue weighted by atomic mass is 10.2. The summed E-state index contributed by atoms with van der Waals surface area (Å²) in [4.78, 5) is -0.378. The number of hydrogen-bond donors (Lipinski definition) is 1. The number of benzene rings is 1. The van der Waals surface area contributed by atoms with E-state index in [-0.39, 0.29) is 24.5 Å². The molecule has 0 saturated carbocycles. The lowest BCUT2D eigenvalue weighted by Crippen LogP contribution is -2.31. The van der Waals surface area contributed by atoms with E-state index in [1.807, 2.05) is 0 Å². The van der Waals surface area contributed by atoms with Gasteiger partial charge in [-0.3, -0.25) is 0 Å². The third kappa shape index (κ3) is 2.88. The minimum atomic E-state index is -3.89. The first-order valence-corrected chi connectivity index (χ1v) is 6.83. The third-order valence-corrected chi connectivity index (χ3v) is 4.42. The maximum atomic E-state index is 13.8. The van der Waals surface area contributed by atoms with Crippen LogP contribution in [0.2, 0.25) is 0 Å². The summed E-state index contributed by atoms with van der Waals surface area (Å²) in [6, 6.07) is 3.82. The third-order valence-electron chi connectivity index (χ3n) is 2.47. The fourth-order valence-electron chi connectivity index (χ4n) is 1.49. The van der Waals surface area contributed by atoms with Gasteiger partial charge in [0.2, 0.25) is 10.0 Å². The highest BCUT2D eigenvalue weighted by atomic mass is 32.2. The van der Waals surface area contributed by atoms with E-state index in [0.29, 0.717) is 5.56 Å². The molecule has 0 radical (unpaired) electrons. The summed E-state index contributed by atoms with van der Waals surface area (Å²) in [5, 5.41) is 0. The summed E-state index contributed by atoms with van der Waals surface area (Å²) in [6.07, 6.45) is 5.10. The van der Waals surface area contributed by atoms with Crippen molar-refractivity contribution in [2.75, 3.05) is 13.1 Å². The molecule has 1 aromatic carbocycles. The van der Waals surface area contributed by atoms with E-state index in [0.717, 1.165) is 10.4 Å². The van der Waals surface area contributed by atoms with E-state index in [4.69, 9.17) is 12.2 Å². The van der Waals surface area contributed by atoms with Gasteiger partial charge < -0.3 is 5.73 Å². The van der Waals surface area contributed by atoms with Crippen molar-refractivity contribution < 1.29 is 12.8 Å². The molecular formula is C12H15FN2O2S. The van der Waals surface area contributed by atoms with E-state index < -0.39 is 15.8 Å². The largest absolute Gasteiger partial charge is 0.326 e. The lowest BCUT2D eigenvalue weighted by molar-refractivity contribution is 0.457. The van der Waals surface area contributed by atoms with Crippen molar-refractivity contribution in [3.8, 4) is 12.3 Å². The Morgan fingerprint density at radius 1 is 1.50 bits per heavy atom. The van der Waals surface area contributed by atoms with Crippen LogP contribution in [0.1, 0.15) is 12.5 Å². The molecule has 0 atom stereocenters. The van der Waals surface area contributed by atoms with Gasteiger partial charge in [-0.1, -0.05) is 18.9 Å². The first-order valence-electron chi connectivity index (χ1n) is 5.39. The van der Waals surface area contributed by atoms with Gasteiger partial charge in [-0.25, -0.2) is 12.8 Å². The van der Waals surface area contributed by atoms with Crippen LogP contribution in [0.15, 0.2) is 23.1 Å². The molecule has 4 nitrogen and oxygen atoms in total. The van der Waals surface area contributed by atoms with Gasteiger partial charge in [0.05, 0.1) is 6.54 Å². The quantitative estimate of drug-likeness (QED) is 0.810. The normalized spacial score (nSPS) is 11.5. The fourth-order valence-corrected chi connectivity index (χ4v) is 2.90. The van der Waals surface area contributed by atoms with Crippen LogP contribution < -0.4 is 5.73 Å². The summed E-state index contributed by atoms with van der Waals surface area (Å²) in [5.41, 5.74) is 5.89. The molecule has 1 aromatic rings. The minimum Gasteiger partial charge on any atom is -0.326 e. The van der Waals surface area contributed by atoms with Gasteiger partial charge in [0.25, 0.3) is 0 Å². The Hall–Kier alpha value is -1.42. The molecule has 0 aliphatic heterocycles. The molecule has 0 spiro atoms. The topological polar surface area (TPSA) is 63.4 Å². The SMILES string of the molecule is C#CCN(CC)S(=O)(=O)c1ccc(CN)cc1F. The number of nitrogens with two attached hydrogens (primary N) is 1. The zero-order valence-electron chi connectivity index (χ0n) is 10.1. The van der Waals surface area contributed by atoms with Crippen LogP contribution in [0.3, 0.4) is 0 Å². The zero-order valence-corrected chi connectivity index (χ0v) is 10.9. The highest BCUT2D eigenvalue weighted by molar-refractivity contribution is 7.89. The van der Waals surface area contributed by atoms with Gasteiger partial charge in [0.1, 0.15) is 10.7 Å². The van der Waals surface area contributed by atoms with Gasteiger partial charge in [-0.2, -0.15) is 4.31 Å². The average Bonchev–Trinajstić information content (AvgIpc) is 2.35. The minimum absolute atomic E-state index is 0.0864. The van der Waals surface area contributed by atoms with Gasteiger partial charge in [-0.15, -0.1) is 6.42 Å². The number of halogens is 1. The van der Waals surface area contributed by atoms with Gasteiger partial charge in [0, 0.05) is 13.1 Å². The molecule has 0 unspecified atom stereocenters. The van der Waals surface area contributed by atoms with Crippen molar-refractivity contribution in [2.24, 2.45) is 5.73 Å². The molecule has 98 valence electrons. The predicted molar refractivity (Wildman–Crippen MR) is 67.6 cm³/mol. The standard InChI is InChI=1S/C12H15FN2O2S/c1-3-7-15(4-2)18(16,17)12-6-5-10(9-14)8-11(12)13/h1,5-6,8H,4,7,9,14H2,2H3. The molecule has 6 heteroatoms. The van der Waals surface area contributed by atoms with Crippen LogP contribution >= 0.6 is 0 Å². The predicted octanol–water partition coefficient (Wildman–Crippen LogP) is 0.928. The summed E-state index contributed by atoms with van der Waals surface area (Å²) in [5.74, 6) is 1.43. The van der Waals surface area contributed by atoms with Crippen molar-refractivity contribution in [1.29, 1.82) is 0 Å². The second-order valence-corrected chi connectivity index (χ2v) is 5.51. The van der Waals surface area contributed by atoms with Gasteiger partial charge >= 0.3 is 0 Å². The van der Waals surface area contributed by atoms with Crippen molar-refractivity contribution in [1.82, 2.24) is 4.31 Å². The van der Waals surface area contributed by atoms with Crippen molar-refractivity contribution in [3.05, 3.63) is 29.6 Å². The Labute approximate surface area is 107 Å². The van der Waals surface area contributed by atoms with E-state index in [9.17, 15) is 12.8 Å². The summed E-state index contributed by atoms with van der Waals surface area (Å²) in [7, 11) is -3.89. The number of nitrogens with zero attached hydrogens (tertiary/aromatic N) is 1. The van der Waals surface area contributed by atoms with Crippen molar-refractivity contribution in [2.45, 2.75) is 18.4 Å². The summed E-state index contributed by atoms with van der Waals surface area (Å²) in [6.45, 7) is 1.89. The molecule has 0 aliphatic carbocycles. The molecule has 0 amide bonds. The van der Waals surface area contributed by atoms with Gasteiger partial charge in [-0.05, 0) is 17.7 Å². The molecule has 0 aromatic heterocycles. The van der Waals surface area contributed by atoms with Crippen LogP contribution in [0, 0.1) is 18.2 Å². The molecular weight excluding hydrogens is 255 g/mol. The van der Waals surface area contributed by atoms with E-state index in [1.165, 1.54) is 12.1 Å². The van der Waals surface area contributed by atoms with Crippen LogP contribution in [0.4, 0.5) is 4.39 Å². The van der Waals surface area contributed by atoms with Crippen LogP contribution in [0.25, 0.3) is 0 Å². The van der Waals surface area contributed by atoms with Crippen molar-refractivity contribution >= 4 is 10.0 Å². The number of sulfonamides is 1. The molecule has 1 rings (SSSR count). The Kier molecular flexibility index (Phi) is 4.84. The van der Waals surface area contributed by atoms with Crippen LogP contribution in [-0.2, 0) is 16.6 Å². The molecule has 0 bridgehead atoms. The Bertz CT molecular complexity index is 564. The first kappa shape index (κ1) is 14.6. The lowest BCUT2D eigenvalue weighted by Gasteiger charge is -2.18. The van der Waals surface area contributed by atoms with Crippen molar-refractivity contribution in [3.63, 3.8) is 0 Å². The number of terminal acetylenes is 1. The highest BCUT2D eigenvalue weighted by Crippen LogP contribution is 2.20. The maximum absolute atomic E-state index is 13.8. The zero-order chi connectivity index (χ0) is 13.8. The Morgan fingerprint density at radius 2 is 2.17 bits per heavy atom. The fraction of sp³-hybridized carbons (Fsp3) is 0.333. The highest BCUT2D eigenvalue weighted by Gasteiger charge is 2.25. The smallest absolute Gasteiger partial charge is 0.246 e.